The van der Waals surface area contributed by atoms with E-state index in [-0.39, 0.29) is 17.7 Å². The van der Waals surface area contributed by atoms with E-state index in [1.54, 1.807) is 0 Å². The Labute approximate surface area is 162 Å². The van der Waals surface area contributed by atoms with Crippen molar-refractivity contribution in [2.24, 2.45) is 18.0 Å². The highest BCUT2D eigenvalue weighted by Crippen LogP contribution is 2.20. The third-order valence-electron chi connectivity index (χ3n) is 5.08. The topological polar surface area (TPSA) is 91.6 Å². The zero-order valence-electron chi connectivity index (χ0n) is 16.6. The first-order valence-corrected chi connectivity index (χ1v) is 11.6. The second kappa shape index (κ2) is 8.50. The van der Waals surface area contributed by atoms with Crippen LogP contribution in [0.15, 0.2) is 17.4 Å². The van der Waals surface area contributed by atoms with Crippen LogP contribution in [0.2, 0.25) is 0 Å². The number of anilines is 1. The monoisotopic (exact) mass is 396 g/mol. The zero-order chi connectivity index (χ0) is 19.4. The van der Waals surface area contributed by atoms with Gasteiger partial charge in [0.15, 0.2) is 15.8 Å². The van der Waals surface area contributed by atoms with Crippen LogP contribution < -0.4 is 15.5 Å². The molecule has 1 aromatic rings. The van der Waals surface area contributed by atoms with E-state index in [1.807, 2.05) is 24.1 Å². The molecular formula is C18H32N6O2S. The number of guanidine groups is 1. The van der Waals surface area contributed by atoms with E-state index in [0.717, 1.165) is 44.0 Å². The number of sulfone groups is 1. The number of hydrogen-bond acceptors (Lipinski definition) is 5. The van der Waals surface area contributed by atoms with Gasteiger partial charge in [-0.25, -0.2) is 8.42 Å². The molecule has 2 atom stereocenters. The van der Waals surface area contributed by atoms with Gasteiger partial charge in [-0.3, -0.25) is 9.67 Å². The molecule has 2 aliphatic heterocycles. The van der Waals surface area contributed by atoms with Crippen LogP contribution in [0.4, 0.5) is 5.69 Å². The summed E-state index contributed by atoms with van der Waals surface area (Å²) in [4.78, 5) is 7.05. The predicted octanol–water partition coefficient (Wildman–Crippen LogP) is 0.767. The van der Waals surface area contributed by atoms with Crippen molar-refractivity contribution >= 4 is 21.5 Å². The highest BCUT2D eigenvalue weighted by atomic mass is 32.2. The molecule has 3 heterocycles. The number of aromatic nitrogens is 2. The highest BCUT2D eigenvalue weighted by molar-refractivity contribution is 7.91. The highest BCUT2D eigenvalue weighted by Gasteiger charge is 2.28. The van der Waals surface area contributed by atoms with Crippen molar-refractivity contribution < 1.29 is 8.42 Å². The summed E-state index contributed by atoms with van der Waals surface area (Å²) in [5, 5.41) is 11.2. The number of aryl methyl sites for hydroxylation is 1. The smallest absolute Gasteiger partial charge is 0.191 e. The summed E-state index contributed by atoms with van der Waals surface area (Å²) < 4.78 is 25.2. The number of hydrogen-bond donors (Lipinski definition) is 2. The van der Waals surface area contributed by atoms with Crippen molar-refractivity contribution in [3.8, 4) is 0 Å². The minimum absolute atomic E-state index is 0.138. The first kappa shape index (κ1) is 20.0. The molecule has 2 N–H and O–H groups in total. The maximum atomic E-state index is 11.7. The summed E-state index contributed by atoms with van der Waals surface area (Å²) in [6.07, 6.45) is 6.88. The molecule has 2 fully saturated rings. The lowest BCUT2D eigenvalue weighted by molar-refractivity contribution is 0.464. The van der Waals surface area contributed by atoms with Crippen LogP contribution in [-0.2, 0) is 16.9 Å². The van der Waals surface area contributed by atoms with Crippen molar-refractivity contribution in [2.45, 2.75) is 45.2 Å². The summed E-state index contributed by atoms with van der Waals surface area (Å²) in [6.45, 7) is 6.66. The summed E-state index contributed by atoms with van der Waals surface area (Å²) in [7, 11) is -0.920. The standard InChI is InChI=1S/C18H32N6O2S/c1-14(2)21-18(19-9-15-6-8-27(25,26)13-15)22-16-5-4-7-24(11-16)17-10-20-23(3)12-17/h10,12,14-16H,4-9,11,13H2,1-3H3,(H2,19,21,22). The molecule has 0 radical (unpaired) electrons. The average Bonchev–Trinajstić information content (AvgIpc) is 3.18. The van der Waals surface area contributed by atoms with E-state index in [4.69, 9.17) is 4.99 Å². The summed E-state index contributed by atoms with van der Waals surface area (Å²) >= 11 is 0. The van der Waals surface area contributed by atoms with Crippen LogP contribution in [0.5, 0.6) is 0 Å². The lowest BCUT2D eigenvalue weighted by Crippen LogP contribution is -2.52. The van der Waals surface area contributed by atoms with Crippen molar-refractivity contribution in [2.75, 3.05) is 36.0 Å². The number of aliphatic imine (C=N–C) groups is 1. The fraction of sp³-hybridized carbons (Fsp3) is 0.778. The first-order chi connectivity index (χ1) is 12.8. The van der Waals surface area contributed by atoms with Gasteiger partial charge in [0.1, 0.15) is 0 Å². The summed E-state index contributed by atoms with van der Waals surface area (Å²) in [5.41, 5.74) is 1.15. The molecule has 27 heavy (non-hydrogen) atoms. The van der Waals surface area contributed by atoms with Crippen molar-refractivity contribution in [1.29, 1.82) is 0 Å². The van der Waals surface area contributed by atoms with Crippen LogP contribution in [-0.4, -0.2) is 67.4 Å². The lowest BCUT2D eigenvalue weighted by Gasteiger charge is -2.34. The molecule has 2 aliphatic rings. The number of piperidine rings is 1. The van der Waals surface area contributed by atoms with Crippen molar-refractivity contribution in [3.05, 3.63) is 12.4 Å². The Bertz CT molecular complexity index is 758. The minimum atomic E-state index is -2.85. The van der Waals surface area contributed by atoms with Crippen LogP contribution >= 0.6 is 0 Å². The molecule has 9 heteroatoms. The van der Waals surface area contributed by atoms with Crippen LogP contribution in [0.25, 0.3) is 0 Å². The predicted molar refractivity (Wildman–Crippen MR) is 109 cm³/mol. The fourth-order valence-corrected chi connectivity index (χ4v) is 5.59. The molecule has 0 spiro atoms. The maximum Gasteiger partial charge on any atom is 0.191 e. The van der Waals surface area contributed by atoms with Gasteiger partial charge in [0.25, 0.3) is 0 Å². The average molecular weight is 397 g/mol. The number of nitrogens with zero attached hydrogens (tertiary/aromatic N) is 4. The van der Waals surface area contributed by atoms with Crippen LogP contribution in [0.1, 0.15) is 33.1 Å². The molecule has 0 aliphatic carbocycles. The van der Waals surface area contributed by atoms with Gasteiger partial charge in [0.2, 0.25) is 0 Å². The SMILES string of the molecule is CC(C)NC(=NCC1CCS(=O)(=O)C1)NC1CCCN(c2cnn(C)c2)C1. The molecule has 2 saturated heterocycles. The molecule has 152 valence electrons. The minimum Gasteiger partial charge on any atom is -0.367 e. The molecule has 0 amide bonds. The molecule has 0 aromatic carbocycles. The van der Waals surface area contributed by atoms with E-state index >= 15 is 0 Å². The van der Waals surface area contributed by atoms with Gasteiger partial charge in [-0.05, 0) is 39.0 Å². The van der Waals surface area contributed by atoms with E-state index in [1.165, 1.54) is 0 Å². The first-order valence-electron chi connectivity index (χ1n) is 9.82. The lowest BCUT2D eigenvalue weighted by atomic mass is 10.1. The molecule has 8 nitrogen and oxygen atoms in total. The fourth-order valence-electron chi connectivity index (χ4n) is 3.74. The Morgan fingerprint density at radius 3 is 2.85 bits per heavy atom. The van der Waals surface area contributed by atoms with E-state index in [9.17, 15) is 8.42 Å². The van der Waals surface area contributed by atoms with E-state index in [0.29, 0.717) is 18.3 Å². The summed E-state index contributed by atoms with van der Waals surface area (Å²) in [5.74, 6) is 1.49. The third-order valence-corrected chi connectivity index (χ3v) is 6.92. The largest absolute Gasteiger partial charge is 0.367 e. The van der Waals surface area contributed by atoms with Gasteiger partial charge in [-0.1, -0.05) is 0 Å². The molecule has 2 unspecified atom stereocenters. The maximum absolute atomic E-state index is 11.7. The summed E-state index contributed by atoms with van der Waals surface area (Å²) in [6, 6.07) is 0.567. The molecular weight excluding hydrogens is 364 g/mol. The Hall–Kier alpha value is -1.77. The van der Waals surface area contributed by atoms with Gasteiger partial charge >= 0.3 is 0 Å². The van der Waals surface area contributed by atoms with E-state index < -0.39 is 9.84 Å². The Kier molecular flexibility index (Phi) is 6.29. The number of nitrogens with one attached hydrogen (secondary N) is 2. The third kappa shape index (κ3) is 5.85. The second-order valence-corrected chi connectivity index (χ2v) is 10.3. The van der Waals surface area contributed by atoms with E-state index in [2.05, 4.69) is 34.5 Å². The molecule has 0 bridgehead atoms. The Morgan fingerprint density at radius 1 is 1.41 bits per heavy atom. The zero-order valence-corrected chi connectivity index (χ0v) is 17.4. The molecule has 1 aromatic heterocycles. The van der Waals surface area contributed by atoms with Crippen molar-refractivity contribution in [1.82, 2.24) is 20.4 Å². The number of rotatable bonds is 5. The van der Waals surface area contributed by atoms with Gasteiger partial charge in [0, 0.05) is 45.0 Å². The van der Waals surface area contributed by atoms with Gasteiger partial charge in [0.05, 0.1) is 23.4 Å². The molecule has 3 rings (SSSR count). The van der Waals surface area contributed by atoms with Gasteiger partial charge in [-0.15, -0.1) is 0 Å². The van der Waals surface area contributed by atoms with Gasteiger partial charge < -0.3 is 15.5 Å². The Balaban J connectivity index is 1.60. The Morgan fingerprint density at radius 2 is 2.22 bits per heavy atom. The second-order valence-electron chi connectivity index (χ2n) is 8.06. The van der Waals surface area contributed by atoms with Crippen LogP contribution in [0.3, 0.4) is 0 Å². The van der Waals surface area contributed by atoms with Crippen molar-refractivity contribution in [3.63, 3.8) is 0 Å². The molecule has 0 saturated carbocycles. The van der Waals surface area contributed by atoms with Gasteiger partial charge in [-0.2, -0.15) is 5.10 Å². The normalized spacial score (nSPS) is 25.8. The van der Waals surface area contributed by atoms with Crippen LogP contribution in [0, 0.1) is 5.92 Å². The quantitative estimate of drug-likeness (QED) is 0.564.